The predicted octanol–water partition coefficient (Wildman–Crippen LogP) is 5.06. The lowest BCUT2D eigenvalue weighted by atomic mass is 10.2. The van der Waals surface area contributed by atoms with E-state index in [2.05, 4.69) is 42.1 Å². The number of nitrogens with one attached hydrogen (secondary N) is 1. The molecule has 0 fully saturated rings. The smallest absolute Gasteiger partial charge is 0.172 e. The third-order valence-corrected chi connectivity index (χ3v) is 4.77. The maximum Gasteiger partial charge on any atom is 0.172 e. The summed E-state index contributed by atoms with van der Waals surface area (Å²) < 4.78 is 0. The van der Waals surface area contributed by atoms with Crippen molar-refractivity contribution in [2.75, 3.05) is 11.9 Å². The van der Waals surface area contributed by atoms with E-state index in [0.29, 0.717) is 5.02 Å². The van der Waals surface area contributed by atoms with Gasteiger partial charge in [0.15, 0.2) is 5.82 Å². The van der Waals surface area contributed by atoms with Gasteiger partial charge < -0.3 is 5.32 Å². The van der Waals surface area contributed by atoms with E-state index in [9.17, 15) is 0 Å². The van der Waals surface area contributed by atoms with E-state index in [-0.39, 0.29) is 0 Å². The largest absolute Gasteiger partial charge is 0.370 e. The topological polar surface area (TPSA) is 37.8 Å². The highest BCUT2D eigenvalue weighted by Crippen LogP contribution is 2.32. The Balaban J connectivity index is 2.22. The lowest BCUT2D eigenvalue weighted by molar-refractivity contribution is 1.15. The summed E-state index contributed by atoms with van der Waals surface area (Å²) in [7, 11) is 0. The van der Waals surface area contributed by atoms with Crippen LogP contribution in [0.25, 0.3) is 21.6 Å². The maximum atomic E-state index is 6.09. The molecule has 0 amide bonds. The van der Waals surface area contributed by atoms with Crippen LogP contribution >= 0.6 is 22.9 Å². The van der Waals surface area contributed by atoms with Gasteiger partial charge in [-0.25, -0.2) is 9.97 Å². The van der Waals surface area contributed by atoms with Gasteiger partial charge in [0.2, 0.25) is 0 Å². The second-order valence-corrected chi connectivity index (χ2v) is 6.63. The van der Waals surface area contributed by atoms with Crippen molar-refractivity contribution in [1.82, 2.24) is 9.97 Å². The zero-order chi connectivity index (χ0) is 15.0. The number of fused-ring (bicyclic) bond motifs is 1. The van der Waals surface area contributed by atoms with E-state index in [1.807, 2.05) is 18.2 Å². The molecule has 0 spiro atoms. The van der Waals surface area contributed by atoms with Crippen LogP contribution in [-0.2, 0) is 0 Å². The zero-order valence-electron chi connectivity index (χ0n) is 12.2. The average Bonchev–Trinajstić information content (AvgIpc) is 2.79. The molecule has 0 bridgehead atoms. The molecule has 1 N–H and O–H groups in total. The fraction of sp³-hybridized carbons (Fsp3) is 0.250. The molecular formula is C16H16ClN3S. The number of rotatable bonds is 3. The molecule has 0 saturated carbocycles. The Morgan fingerprint density at radius 3 is 2.67 bits per heavy atom. The molecule has 3 rings (SSSR count). The number of anilines is 1. The third kappa shape index (κ3) is 2.74. The molecule has 0 aliphatic carbocycles. The van der Waals surface area contributed by atoms with E-state index in [1.165, 1.54) is 10.4 Å². The quantitative estimate of drug-likeness (QED) is 0.733. The molecule has 5 heteroatoms. The van der Waals surface area contributed by atoms with Crippen LogP contribution in [0.5, 0.6) is 0 Å². The van der Waals surface area contributed by atoms with Gasteiger partial charge in [-0.2, -0.15) is 0 Å². The van der Waals surface area contributed by atoms with Gasteiger partial charge in [-0.05, 0) is 50.6 Å². The Morgan fingerprint density at radius 1 is 1.19 bits per heavy atom. The van der Waals surface area contributed by atoms with Crippen LogP contribution in [0.15, 0.2) is 24.3 Å². The zero-order valence-corrected chi connectivity index (χ0v) is 13.8. The number of benzene rings is 1. The van der Waals surface area contributed by atoms with E-state index in [1.54, 1.807) is 11.3 Å². The highest BCUT2D eigenvalue weighted by molar-refractivity contribution is 7.15. The van der Waals surface area contributed by atoms with Crippen LogP contribution in [0.2, 0.25) is 5.02 Å². The van der Waals surface area contributed by atoms with E-state index >= 15 is 0 Å². The van der Waals surface area contributed by atoms with Gasteiger partial charge in [-0.15, -0.1) is 11.3 Å². The summed E-state index contributed by atoms with van der Waals surface area (Å²) in [4.78, 5) is 11.8. The molecule has 0 aliphatic heterocycles. The molecule has 0 unspecified atom stereocenters. The Hall–Kier alpha value is -1.65. The SMILES string of the molecule is CCNc1nc(-c2cc(C)c(C)s2)nc2ccc(Cl)cc12. The van der Waals surface area contributed by atoms with Crippen molar-refractivity contribution in [3.05, 3.63) is 39.7 Å². The summed E-state index contributed by atoms with van der Waals surface area (Å²) in [6.07, 6.45) is 0. The minimum atomic E-state index is 0.695. The second kappa shape index (κ2) is 5.62. The minimum Gasteiger partial charge on any atom is -0.370 e. The first-order valence-electron chi connectivity index (χ1n) is 6.87. The number of halogens is 1. The van der Waals surface area contributed by atoms with Crippen molar-refractivity contribution >= 4 is 39.7 Å². The van der Waals surface area contributed by atoms with Crippen molar-refractivity contribution in [1.29, 1.82) is 0 Å². The molecule has 2 heterocycles. The Kier molecular flexibility index (Phi) is 3.83. The van der Waals surface area contributed by atoms with Crippen LogP contribution in [0, 0.1) is 13.8 Å². The lowest BCUT2D eigenvalue weighted by Crippen LogP contribution is -2.02. The number of aryl methyl sites for hydroxylation is 2. The molecule has 0 aliphatic rings. The first kappa shape index (κ1) is 14.3. The van der Waals surface area contributed by atoms with Crippen LogP contribution in [0.1, 0.15) is 17.4 Å². The molecule has 3 nitrogen and oxygen atoms in total. The number of hydrogen-bond acceptors (Lipinski definition) is 4. The number of thiophene rings is 1. The maximum absolute atomic E-state index is 6.09. The average molecular weight is 318 g/mol. The highest BCUT2D eigenvalue weighted by atomic mass is 35.5. The van der Waals surface area contributed by atoms with Crippen LogP contribution in [0.4, 0.5) is 5.82 Å². The van der Waals surface area contributed by atoms with Gasteiger partial charge in [-0.1, -0.05) is 11.6 Å². The molecule has 21 heavy (non-hydrogen) atoms. The van der Waals surface area contributed by atoms with Crippen molar-refractivity contribution in [2.45, 2.75) is 20.8 Å². The Morgan fingerprint density at radius 2 is 2.00 bits per heavy atom. The molecule has 108 valence electrons. The molecular weight excluding hydrogens is 302 g/mol. The number of hydrogen-bond donors (Lipinski definition) is 1. The van der Waals surface area contributed by atoms with E-state index < -0.39 is 0 Å². The van der Waals surface area contributed by atoms with E-state index in [4.69, 9.17) is 11.6 Å². The van der Waals surface area contributed by atoms with Gasteiger partial charge in [0.05, 0.1) is 10.4 Å². The van der Waals surface area contributed by atoms with Crippen molar-refractivity contribution in [3.8, 4) is 10.7 Å². The molecule has 2 aromatic heterocycles. The number of aromatic nitrogens is 2. The fourth-order valence-corrected chi connectivity index (χ4v) is 3.34. The van der Waals surface area contributed by atoms with Crippen LogP contribution < -0.4 is 5.32 Å². The van der Waals surface area contributed by atoms with Crippen molar-refractivity contribution in [2.24, 2.45) is 0 Å². The normalized spacial score (nSPS) is 11.0. The molecule has 0 saturated heterocycles. The first-order chi connectivity index (χ1) is 10.1. The minimum absolute atomic E-state index is 0.695. The first-order valence-corrected chi connectivity index (χ1v) is 8.06. The molecule has 0 atom stereocenters. The van der Waals surface area contributed by atoms with Gasteiger partial charge in [0.1, 0.15) is 5.82 Å². The molecule has 3 aromatic rings. The molecule has 0 radical (unpaired) electrons. The Bertz CT molecular complexity index is 791. The summed E-state index contributed by atoms with van der Waals surface area (Å²) >= 11 is 7.82. The van der Waals surface area contributed by atoms with Crippen LogP contribution in [0.3, 0.4) is 0 Å². The predicted molar refractivity (Wildman–Crippen MR) is 91.5 cm³/mol. The summed E-state index contributed by atoms with van der Waals surface area (Å²) in [6.45, 7) is 7.09. The monoisotopic (exact) mass is 317 g/mol. The van der Waals surface area contributed by atoms with Crippen molar-refractivity contribution < 1.29 is 0 Å². The van der Waals surface area contributed by atoms with Gasteiger partial charge >= 0.3 is 0 Å². The standard InChI is InChI=1S/C16H16ClN3S/c1-4-18-15-12-8-11(17)5-6-13(12)19-16(20-15)14-7-9(2)10(3)21-14/h5-8H,4H2,1-3H3,(H,18,19,20). The summed E-state index contributed by atoms with van der Waals surface area (Å²) in [5.74, 6) is 1.60. The highest BCUT2D eigenvalue weighted by Gasteiger charge is 2.12. The van der Waals surface area contributed by atoms with Crippen molar-refractivity contribution in [3.63, 3.8) is 0 Å². The lowest BCUT2D eigenvalue weighted by Gasteiger charge is -2.09. The number of nitrogens with zero attached hydrogens (tertiary/aromatic N) is 2. The second-order valence-electron chi connectivity index (χ2n) is 4.94. The van der Waals surface area contributed by atoms with E-state index in [0.717, 1.165) is 34.0 Å². The summed E-state index contributed by atoms with van der Waals surface area (Å²) in [6, 6.07) is 7.86. The summed E-state index contributed by atoms with van der Waals surface area (Å²) in [5, 5.41) is 4.96. The van der Waals surface area contributed by atoms with Gasteiger partial charge in [0.25, 0.3) is 0 Å². The summed E-state index contributed by atoms with van der Waals surface area (Å²) in [5.41, 5.74) is 2.18. The van der Waals surface area contributed by atoms with Gasteiger partial charge in [0, 0.05) is 21.8 Å². The third-order valence-electron chi connectivity index (χ3n) is 3.39. The molecule has 1 aromatic carbocycles. The van der Waals surface area contributed by atoms with Gasteiger partial charge in [-0.3, -0.25) is 0 Å². The fourth-order valence-electron chi connectivity index (χ4n) is 2.20. The Labute approximate surface area is 133 Å². The van der Waals surface area contributed by atoms with Crippen LogP contribution in [-0.4, -0.2) is 16.5 Å².